The average Bonchev–Trinajstić information content (AvgIpc) is 2.66. The smallest absolute Gasteiger partial charge is 0.337 e. The summed E-state index contributed by atoms with van der Waals surface area (Å²) in [6.07, 6.45) is 0. The zero-order valence-electron chi connectivity index (χ0n) is 10.5. The Balaban J connectivity index is 2.14. The predicted octanol–water partition coefficient (Wildman–Crippen LogP) is 3.72. The Morgan fingerprint density at radius 2 is 2.21 bits per heavy atom. The van der Waals surface area contributed by atoms with Gasteiger partial charge in [0.2, 0.25) is 0 Å². The van der Waals surface area contributed by atoms with Crippen molar-refractivity contribution in [2.24, 2.45) is 0 Å². The first-order chi connectivity index (χ1) is 8.97. The van der Waals surface area contributed by atoms with Gasteiger partial charge in [-0.05, 0) is 32.0 Å². The van der Waals surface area contributed by atoms with Gasteiger partial charge in [-0.1, -0.05) is 11.6 Å². The van der Waals surface area contributed by atoms with Gasteiger partial charge < -0.3 is 10.4 Å². The number of hydrogen-bond donors (Lipinski definition) is 2. The van der Waals surface area contributed by atoms with Crippen LogP contribution in [-0.4, -0.2) is 16.1 Å². The molecular formula is C13H13ClN2O2S. The molecule has 0 bridgehead atoms. The summed E-state index contributed by atoms with van der Waals surface area (Å²) in [4.78, 5) is 16.5. The van der Waals surface area contributed by atoms with Crippen molar-refractivity contribution in [3.05, 3.63) is 44.4 Å². The van der Waals surface area contributed by atoms with Gasteiger partial charge in [-0.3, -0.25) is 0 Å². The van der Waals surface area contributed by atoms with Crippen molar-refractivity contribution in [2.75, 3.05) is 5.32 Å². The summed E-state index contributed by atoms with van der Waals surface area (Å²) in [6.45, 7) is 4.55. The molecule has 0 aliphatic carbocycles. The van der Waals surface area contributed by atoms with E-state index in [1.165, 1.54) is 6.07 Å². The van der Waals surface area contributed by atoms with Crippen LogP contribution in [-0.2, 0) is 6.54 Å². The van der Waals surface area contributed by atoms with E-state index in [1.807, 2.05) is 13.8 Å². The standard InChI is InChI=1S/C13H13ClN2O2S/c1-7-12(19-8(2)16-7)6-15-9-3-4-11(14)10(5-9)13(17)18/h3-5,15H,6H2,1-2H3,(H,17,18). The second-order valence-electron chi connectivity index (χ2n) is 4.09. The Labute approximate surface area is 120 Å². The molecule has 100 valence electrons. The third-order valence-corrected chi connectivity index (χ3v) is 4.05. The van der Waals surface area contributed by atoms with Gasteiger partial charge >= 0.3 is 5.97 Å². The van der Waals surface area contributed by atoms with E-state index in [0.717, 1.165) is 21.3 Å². The fourth-order valence-corrected chi connectivity index (χ4v) is 2.79. The molecule has 4 nitrogen and oxygen atoms in total. The maximum Gasteiger partial charge on any atom is 0.337 e. The van der Waals surface area contributed by atoms with E-state index in [9.17, 15) is 4.79 Å². The number of nitrogens with one attached hydrogen (secondary N) is 1. The second-order valence-corrected chi connectivity index (χ2v) is 5.79. The van der Waals surface area contributed by atoms with Crippen LogP contribution in [0, 0.1) is 13.8 Å². The first-order valence-corrected chi connectivity index (χ1v) is 6.86. The highest BCUT2D eigenvalue weighted by Gasteiger charge is 2.10. The third kappa shape index (κ3) is 3.24. The fourth-order valence-electron chi connectivity index (χ4n) is 1.72. The van der Waals surface area contributed by atoms with E-state index in [4.69, 9.17) is 16.7 Å². The molecule has 1 aromatic carbocycles. The predicted molar refractivity (Wildman–Crippen MR) is 77.3 cm³/mol. The van der Waals surface area contributed by atoms with Crippen LogP contribution in [0.2, 0.25) is 5.02 Å². The van der Waals surface area contributed by atoms with Gasteiger partial charge in [0, 0.05) is 10.6 Å². The monoisotopic (exact) mass is 296 g/mol. The molecule has 0 atom stereocenters. The van der Waals surface area contributed by atoms with E-state index >= 15 is 0 Å². The number of anilines is 1. The highest BCUT2D eigenvalue weighted by Crippen LogP contribution is 2.23. The minimum Gasteiger partial charge on any atom is -0.478 e. The Morgan fingerprint density at radius 1 is 1.47 bits per heavy atom. The number of aromatic nitrogens is 1. The van der Waals surface area contributed by atoms with E-state index in [1.54, 1.807) is 23.5 Å². The van der Waals surface area contributed by atoms with Crippen molar-refractivity contribution >= 4 is 34.6 Å². The van der Waals surface area contributed by atoms with Crippen LogP contribution in [0.3, 0.4) is 0 Å². The van der Waals surface area contributed by atoms with Crippen LogP contribution in [0.25, 0.3) is 0 Å². The Morgan fingerprint density at radius 3 is 2.79 bits per heavy atom. The number of hydrogen-bond acceptors (Lipinski definition) is 4. The van der Waals surface area contributed by atoms with Crippen molar-refractivity contribution in [3.63, 3.8) is 0 Å². The van der Waals surface area contributed by atoms with Crippen LogP contribution in [0.5, 0.6) is 0 Å². The van der Waals surface area contributed by atoms with Gasteiger partial charge in [0.15, 0.2) is 0 Å². The summed E-state index contributed by atoms with van der Waals surface area (Å²) >= 11 is 7.45. The molecule has 0 saturated carbocycles. The molecule has 6 heteroatoms. The number of rotatable bonds is 4. The molecule has 0 radical (unpaired) electrons. The number of carbonyl (C=O) groups is 1. The van der Waals surface area contributed by atoms with E-state index in [0.29, 0.717) is 6.54 Å². The van der Waals surface area contributed by atoms with Crippen molar-refractivity contribution in [2.45, 2.75) is 20.4 Å². The van der Waals surface area contributed by atoms with Gasteiger partial charge in [-0.2, -0.15) is 0 Å². The van der Waals surface area contributed by atoms with Crippen molar-refractivity contribution in [1.82, 2.24) is 4.98 Å². The van der Waals surface area contributed by atoms with Gasteiger partial charge in [-0.25, -0.2) is 9.78 Å². The average molecular weight is 297 g/mol. The van der Waals surface area contributed by atoms with E-state index in [-0.39, 0.29) is 10.6 Å². The minimum atomic E-state index is -1.03. The molecule has 0 fully saturated rings. The highest BCUT2D eigenvalue weighted by atomic mass is 35.5. The summed E-state index contributed by atoms with van der Waals surface area (Å²) in [5.41, 5.74) is 1.83. The van der Waals surface area contributed by atoms with Gasteiger partial charge in [-0.15, -0.1) is 11.3 Å². The van der Waals surface area contributed by atoms with Gasteiger partial charge in [0.1, 0.15) is 0 Å². The molecule has 0 saturated heterocycles. The van der Waals surface area contributed by atoms with Crippen LogP contribution in [0.4, 0.5) is 5.69 Å². The lowest BCUT2D eigenvalue weighted by atomic mass is 10.2. The van der Waals surface area contributed by atoms with Gasteiger partial charge in [0.05, 0.1) is 27.8 Å². The maximum atomic E-state index is 11.0. The molecule has 1 heterocycles. The fraction of sp³-hybridized carbons (Fsp3) is 0.231. The molecule has 0 amide bonds. The summed E-state index contributed by atoms with van der Waals surface area (Å²) < 4.78 is 0. The maximum absolute atomic E-state index is 11.0. The molecular weight excluding hydrogens is 284 g/mol. The molecule has 0 aliphatic heterocycles. The van der Waals surface area contributed by atoms with Crippen LogP contribution < -0.4 is 5.32 Å². The second kappa shape index (κ2) is 5.59. The lowest BCUT2D eigenvalue weighted by Gasteiger charge is -2.07. The molecule has 2 rings (SSSR count). The van der Waals surface area contributed by atoms with E-state index < -0.39 is 5.97 Å². The summed E-state index contributed by atoms with van der Waals surface area (Å²) in [6, 6.07) is 4.88. The number of aromatic carboxylic acids is 1. The SMILES string of the molecule is Cc1nc(C)c(CNc2ccc(Cl)c(C(=O)O)c2)s1. The molecule has 0 spiro atoms. The number of carboxylic acid groups (broad SMARTS) is 1. The molecule has 2 aromatic rings. The lowest BCUT2D eigenvalue weighted by molar-refractivity contribution is 0.0697. The number of aryl methyl sites for hydroxylation is 2. The largest absolute Gasteiger partial charge is 0.478 e. The first-order valence-electron chi connectivity index (χ1n) is 5.67. The molecule has 0 aliphatic rings. The van der Waals surface area contributed by atoms with Crippen molar-refractivity contribution < 1.29 is 9.90 Å². The number of halogens is 1. The van der Waals surface area contributed by atoms with Crippen LogP contribution in [0.1, 0.15) is 25.9 Å². The van der Waals surface area contributed by atoms with E-state index in [2.05, 4.69) is 10.3 Å². The zero-order valence-corrected chi connectivity index (χ0v) is 12.1. The summed E-state index contributed by atoms with van der Waals surface area (Å²) in [5.74, 6) is -1.03. The van der Waals surface area contributed by atoms with Crippen LogP contribution >= 0.6 is 22.9 Å². The molecule has 2 N–H and O–H groups in total. The third-order valence-electron chi connectivity index (χ3n) is 2.65. The van der Waals surface area contributed by atoms with Crippen LogP contribution in [0.15, 0.2) is 18.2 Å². The molecule has 0 unspecified atom stereocenters. The summed E-state index contributed by atoms with van der Waals surface area (Å²) in [5, 5.41) is 13.5. The molecule has 1 aromatic heterocycles. The van der Waals surface area contributed by atoms with Crippen molar-refractivity contribution in [3.8, 4) is 0 Å². The number of carboxylic acids is 1. The number of thiazole rings is 1. The number of nitrogens with zero attached hydrogens (tertiary/aromatic N) is 1. The Hall–Kier alpha value is -1.59. The minimum absolute atomic E-state index is 0.101. The van der Waals surface area contributed by atoms with Gasteiger partial charge in [0.25, 0.3) is 0 Å². The topological polar surface area (TPSA) is 62.2 Å². The summed E-state index contributed by atoms with van der Waals surface area (Å²) in [7, 11) is 0. The Bertz CT molecular complexity index is 625. The Kier molecular flexibility index (Phi) is 4.07. The number of benzene rings is 1. The van der Waals surface area contributed by atoms with Crippen molar-refractivity contribution in [1.29, 1.82) is 0 Å². The first kappa shape index (κ1) is 13.8. The lowest BCUT2D eigenvalue weighted by Crippen LogP contribution is -2.02. The zero-order chi connectivity index (χ0) is 14.0. The molecule has 19 heavy (non-hydrogen) atoms. The highest BCUT2D eigenvalue weighted by molar-refractivity contribution is 7.11. The normalized spacial score (nSPS) is 10.5. The quantitative estimate of drug-likeness (QED) is 0.902.